The van der Waals surface area contributed by atoms with Gasteiger partial charge in [0.15, 0.2) is 52.4 Å². The molecule has 0 aliphatic carbocycles. The Kier molecular flexibility index (Phi) is 21.8. The largest absolute Gasteiger partial charge is 0.309 e. The van der Waals surface area contributed by atoms with E-state index in [1.807, 2.05) is 182 Å². The zero-order chi connectivity index (χ0) is 89.8. The van der Waals surface area contributed by atoms with Crippen LogP contribution in [0.1, 0.15) is 0 Å². The number of benzene rings is 19. The van der Waals surface area contributed by atoms with Gasteiger partial charge in [0.2, 0.25) is 0 Å². The fourth-order valence-electron chi connectivity index (χ4n) is 18.3. The Labute approximate surface area is 780 Å². The van der Waals surface area contributed by atoms with Gasteiger partial charge in [-0.15, -0.1) is 0 Å². The van der Waals surface area contributed by atoms with E-state index in [0.717, 1.165) is 72.6 Å². The van der Waals surface area contributed by atoms with Crippen LogP contribution < -0.4 is 0 Å². The van der Waals surface area contributed by atoms with Crippen LogP contribution in [-0.2, 0) is 0 Å². The highest BCUT2D eigenvalue weighted by Gasteiger charge is 2.24. The van der Waals surface area contributed by atoms with Crippen LogP contribution in [0.15, 0.2) is 497 Å². The Hall–Kier alpha value is -18.4. The van der Waals surface area contributed by atoms with Crippen LogP contribution in [0.2, 0.25) is 0 Å². The summed E-state index contributed by atoms with van der Waals surface area (Å²) >= 11 is 0. The highest BCUT2D eigenvalue weighted by Crippen LogP contribution is 2.44. The third-order valence-electron chi connectivity index (χ3n) is 24.8. The van der Waals surface area contributed by atoms with Gasteiger partial charge in [-0.1, -0.05) is 382 Å². The predicted octanol–water partition coefficient (Wildman–Crippen LogP) is 30.6. The molecule has 0 bridgehead atoms. The van der Waals surface area contributed by atoms with Gasteiger partial charge < -0.3 is 13.7 Å². The van der Waals surface area contributed by atoms with Gasteiger partial charge in [0, 0.05) is 105 Å². The van der Waals surface area contributed by atoms with Crippen molar-refractivity contribution in [2.75, 3.05) is 0 Å². The molecule has 6 heterocycles. The van der Waals surface area contributed by atoms with Crippen molar-refractivity contribution in [1.82, 2.24) is 58.6 Å². The minimum absolute atomic E-state index is 0.638. The van der Waals surface area contributed by atoms with Gasteiger partial charge in [-0.25, -0.2) is 44.9 Å². The Bertz CT molecular complexity index is 8390. The lowest BCUT2D eigenvalue weighted by Crippen LogP contribution is -2.00. The van der Waals surface area contributed by atoms with E-state index in [-0.39, 0.29) is 0 Å². The minimum atomic E-state index is 0.638. The molecule has 634 valence electrons. The number of para-hydroxylation sites is 3. The molecule has 0 saturated carbocycles. The summed E-state index contributed by atoms with van der Waals surface area (Å²) in [5.41, 5.74) is 28.5. The van der Waals surface area contributed by atoms with E-state index in [9.17, 15) is 0 Å². The average molecular weight is 1730 g/mol. The molecule has 12 nitrogen and oxygen atoms in total. The molecule has 6 aromatic heterocycles. The molecule has 19 aromatic carbocycles. The van der Waals surface area contributed by atoms with Crippen molar-refractivity contribution in [2.24, 2.45) is 0 Å². The lowest BCUT2D eigenvalue weighted by molar-refractivity contribution is 1.07. The summed E-state index contributed by atoms with van der Waals surface area (Å²) in [5, 5.41) is 7.39. The first-order valence-electron chi connectivity index (χ1n) is 45.2. The van der Waals surface area contributed by atoms with Crippen molar-refractivity contribution >= 4 is 65.4 Å². The molecule has 0 amide bonds. The normalized spacial score (nSPS) is 11.3. The Morgan fingerprint density at radius 3 is 0.704 bits per heavy atom. The summed E-state index contributed by atoms with van der Waals surface area (Å²) < 4.78 is 7.07. The summed E-state index contributed by atoms with van der Waals surface area (Å²) in [5.74, 6) is 5.86. The number of hydrogen-bond acceptors (Lipinski definition) is 9. The topological polar surface area (TPSA) is 131 Å². The Morgan fingerprint density at radius 1 is 0.126 bits per heavy atom. The number of aromatic nitrogens is 12. The van der Waals surface area contributed by atoms with E-state index >= 15 is 0 Å². The van der Waals surface area contributed by atoms with Crippen molar-refractivity contribution in [3.05, 3.63) is 497 Å². The first kappa shape index (κ1) is 81.1. The molecule has 0 N–H and O–H groups in total. The van der Waals surface area contributed by atoms with Gasteiger partial charge >= 0.3 is 0 Å². The fourth-order valence-corrected chi connectivity index (χ4v) is 18.3. The molecule has 12 heteroatoms. The highest BCUT2D eigenvalue weighted by molar-refractivity contribution is 6.17. The molecule has 135 heavy (non-hydrogen) atoms. The molecule has 0 unspecified atom stereocenters. The Morgan fingerprint density at radius 2 is 0.348 bits per heavy atom. The highest BCUT2D eigenvalue weighted by atomic mass is 15.1. The number of rotatable bonds is 16. The van der Waals surface area contributed by atoms with Crippen LogP contribution in [0.5, 0.6) is 0 Å². The summed E-state index contributed by atoms with van der Waals surface area (Å²) in [7, 11) is 0. The Balaban J connectivity index is 0.000000114. The van der Waals surface area contributed by atoms with Crippen LogP contribution in [0.25, 0.3) is 229 Å². The molecule has 0 atom stereocenters. The van der Waals surface area contributed by atoms with Crippen LogP contribution in [0, 0.1) is 0 Å². The third-order valence-corrected chi connectivity index (χ3v) is 24.8. The smallest absolute Gasteiger partial charge is 0.164 e. The lowest BCUT2D eigenvalue weighted by atomic mass is 9.99. The van der Waals surface area contributed by atoms with Crippen LogP contribution in [-0.4, -0.2) is 58.6 Å². The van der Waals surface area contributed by atoms with Gasteiger partial charge in [0.05, 0.1) is 33.1 Å². The van der Waals surface area contributed by atoms with E-state index in [0.29, 0.717) is 52.4 Å². The van der Waals surface area contributed by atoms with Crippen molar-refractivity contribution in [3.63, 3.8) is 0 Å². The zero-order valence-electron chi connectivity index (χ0n) is 73.2. The van der Waals surface area contributed by atoms with Crippen LogP contribution in [0.3, 0.4) is 0 Å². The molecule has 25 rings (SSSR count). The quantitative estimate of drug-likeness (QED) is 0.0928. The summed E-state index contributed by atoms with van der Waals surface area (Å²) in [6.45, 7) is 0. The molecule has 0 aliphatic rings. The predicted molar refractivity (Wildman–Crippen MR) is 553 cm³/mol. The van der Waals surface area contributed by atoms with Crippen molar-refractivity contribution in [3.8, 4) is 164 Å². The maximum Gasteiger partial charge on any atom is 0.164 e. The van der Waals surface area contributed by atoms with E-state index < -0.39 is 0 Å². The second-order valence-electron chi connectivity index (χ2n) is 33.1. The van der Waals surface area contributed by atoms with Crippen molar-refractivity contribution in [1.29, 1.82) is 0 Å². The molecule has 25 aromatic rings. The molecular weight excluding hydrogens is 1650 g/mol. The molecule has 0 fully saturated rings. The van der Waals surface area contributed by atoms with E-state index in [1.54, 1.807) is 0 Å². The molecule has 0 radical (unpaired) electrons. The SMILES string of the molecule is c1ccc(-c2ccc3c(c2)c2cccc(-c4ccccc4)c2n3-c2ccc(-c3nc(-c4ccccc4)nc(-c4ccccc4)n3)cc2)cc1.c1ccc(-c2ccc3c(c2)c2ccccc2n3-c2ccc(-c3nc(-c4ccccc4)nc(-c4ccccc4)n3)cc2)cc1.c1ccc(-c2nc(-c3ccccc3)nc(-c3ccc(-n4c5ccccc5c5c(-c6ccccc6)cccc54)cc3)n2)cc1. The van der Waals surface area contributed by atoms with E-state index in [1.165, 1.54) is 104 Å². The zero-order valence-corrected chi connectivity index (χ0v) is 73.2. The maximum absolute atomic E-state index is 4.95. The van der Waals surface area contributed by atoms with Crippen LogP contribution in [0.4, 0.5) is 0 Å². The van der Waals surface area contributed by atoms with E-state index in [4.69, 9.17) is 44.9 Å². The number of nitrogens with zero attached hydrogens (tertiary/aromatic N) is 12. The van der Waals surface area contributed by atoms with Crippen LogP contribution >= 0.6 is 0 Å². The molecule has 0 aliphatic heterocycles. The van der Waals surface area contributed by atoms with Gasteiger partial charge in [-0.2, -0.15) is 0 Å². The maximum atomic E-state index is 4.95. The first-order valence-corrected chi connectivity index (χ1v) is 45.2. The third kappa shape index (κ3) is 16.2. The minimum Gasteiger partial charge on any atom is -0.309 e. The second-order valence-corrected chi connectivity index (χ2v) is 33.1. The summed E-state index contributed by atoms with van der Waals surface area (Å²) in [4.78, 5) is 44.1. The monoisotopic (exact) mass is 1730 g/mol. The summed E-state index contributed by atoms with van der Waals surface area (Å²) in [6.07, 6.45) is 0. The van der Waals surface area contributed by atoms with E-state index in [2.05, 4.69) is 329 Å². The summed E-state index contributed by atoms with van der Waals surface area (Å²) in [6, 6.07) is 172. The molecule has 0 spiro atoms. The second kappa shape index (κ2) is 36.3. The average Bonchev–Trinajstić information content (AvgIpc) is 1.59. The van der Waals surface area contributed by atoms with Gasteiger partial charge in [0.1, 0.15) is 0 Å². The fraction of sp³-hybridized carbons (Fsp3) is 0. The van der Waals surface area contributed by atoms with Gasteiger partial charge in [0.25, 0.3) is 0 Å². The number of hydrogen-bond donors (Lipinski definition) is 0. The van der Waals surface area contributed by atoms with Gasteiger partial charge in [-0.05, 0) is 154 Å². The van der Waals surface area contributed by atoms with Crippen molar-refractivity contribution in [2.45, 2.75) is 0 Å². The van der Waals surface area contributed by atoms with Gasteiger partial charge in [-0.3, -0.25) is 0 Å². The number of fused-ring (bicyclic) bond motifs is 9. The first-order chi connectivity index (χ1) is 66.9. The molecule has 0 saturated heterocycles. The lowest BCUT2D eigenvalue weighted by Gasteiger charge is -2.13. The van der Waals surface area contributed by atoms with Crippen molar-refractivity contribution < 1.29 is 0 Å². The molecular formula is C123H82N12. The standard InChI is InChI=1S/C45H30N4.2C39H26N4/c1-5-14-31(15-6-1)36-26-29-41-40(30-36)39-23-13-22-38(32-16-7-2-8-17-32)42(39)49(41)37-27-24-35(25-28-37)45-47-43(33-18-9-3-10-19-33)46-44(48-45)34-20-11-4-12-21-34;1-4-13-27(14-5-1)32-20-12-22-35-36(32)33-19-10-11-21-34(33)43(35)31-25-23-30(24-26-31)39-41-37(28-15-6-2-7-16-28)40-38(42-39)29-17-8-3-9-18-29;1-4-12-27(13-5-1)31-22-25-36-34(26-31)33-18-10-11-19-35(33)43(36)32-23-20-30(21-24-32)39-41-37(28-14-6-2-7-15-28)40-38(42-39)29-16-8-3-9-17-29/h1-30H;2*1-26H.